The third kappa shape index (κ3) is 3.03. The van der Waals surface area contributed by atoms with Crippen LogP contribution in [-0.4, -0.2) is 30.0 Å². The van der Waals surface area contributed by atoms with E-state index < -0.39 is 0 Å². The SMILES string of the molecule is Cc1cc(C)c2nc(C3CC3)cc(C(=O)NCC3CCCN3)c2c1. The molecule has 0 spiro atoms. The number of pyridine rings is 1. The quantitative estimate of drug-likeness (QED) is 0.908. The molecule has 4 nitrogen and oxygen atoms in total. The molecule has 1 atom stereocenters. The van der Waals surface area contributed by atoms with E-state index >= 15 is 0 Å². The minimum absolute atomic E-state index is 0.0306. The molecule has 4 rings (SSSR count). The van der Waals surface area contributed by atoms with Crippen molar-refractivity contribution in [2.24, 2.45) is 0 Å². The number of nitrogens with one attached hydrogen (secondary N) is 2. The van der Waals surface area contributed by atoms with Crippen molar-refractivity contribution in [1.82, 2.24) is 15.6 Å². The zero-order valence-corrected chi connectivity index (χ0v) is 14.5. The Labute approximate surface area is 143 Å². The number of fused-ring (bicyclic) bond motifs is 1. The number of amides is 1. The number of aromatic nitrogens is 1. The van der Waals surface area contributed by atoms with E-state index in [0.29, 0.717) is 18.5 Å². The molecular formula is C20H25N3O. The van der Waals surface area contributed by atoms with Crippen LogP contribution in [0.5, 0.6) is 0 Å². The highest BCUT2D eigenvalue weighted by Crippen LogP contribution is 2.40. The number of aryl methyl sites for hydroxylation is 2. The van der Waals surface area contributed by atoms with E-state index in [1.807, 2.05) is 6.07 Å². The maximum Gasteiger partial charge on any atom is 0.252 e. The van der Waals surface area contributed by atoms with E-state index in [4.69, 9.17) is 4.98 Å². The van der Waals surface area contributed by atoms with Gasteiger partial charge in [-0.2, -0.15) is 0 Å². The Morgan fingerprint density at radius 3 is 2.79 bits per heavy atom. The zero-order valence-electron chi connectivity index (χ0n) is 14.5. The molecule has 126 valence electrons. The number of hydrogen-bond acceptors (Lipinski definition) is 3. The van der Waals surface area contributed by atoms with Gasteiger partial charge in [0.1, 0.15) is 0 Å². The predicted octanol–water partition coefficient (Wildman–Crippen LogP) is 3.21. The Bertz CT molecular complexity index is 789. The summed E-state index contributed by atoms with van der Waals surface area (Å²) in [6, 6.07) is 6.68. The van der Waals surface area contributed by atoms with E-state index in [-0.39, 0.29) is 5.91 Å². The van der Waals surface area contributed by atoms with Crippen LogP contribution in [0.15, 0.2) is 18.2 Å². The normalized spacial score (nSPS) is 20.5. The number of nitrogens with zero attached hydrogens (tertiary/aromatic N) is 1. The van der Waals surface area contributed by atoms with Gasteiger partial charge in [0.05, 0.1) is 11.1 Å². The highest BCUT2D eigenvalue weighted by molar-refractivity contribution is 6.07. The molecule has 1 amide bonds. The maximum absolute atomic E-state index is 12.9. The van der Waals surface area contributed by atoms with Crippen LogP contribution in [0.2, 0.25) is 0 Å². The smallest absolute Gasteiger partial charge is 0.252 e. The molecule has 1 aromatic carbocycles. The second-order valence-corrected chi connectivity index (χ2v) is 7.35. The minimum Gasteiger partial charge on any atom is -0.350 e. The van der Waals surface area contributed by atoms with Gasteiger partial charge in [0, 0.05) is 29.6 Å². The predicted molar refractivity (Wildman–Crippen MR) is 96.5 cm³/mol. The fraction of sp³-hybridized carbons (Fsp3) is 0.500. The molecule has 2 heterocycles. The average Bonchev–Trinajstić information content (AvgIpc) is 3.28. The van der Waals surface area contributed by atoms with Crippen molar-refractivity contribution in [3.05, 3.63) is 40.6 Å². The first-order valence-corrected chi connectivity index (χ1v) is 9.05. The molecule has 2 aromatic rings. The lowest BCUT2D eigenvalue weighted by atomic mass is 10.00. The lowest BCUT2D eigenvalue weighted by Crippen LogP contribution is -2.37. The van der Waals surface area contributed by atoms with E-state index in [1.165, 1.54) is 24.8 Å². The second kappa shape index (κ2) is 6.17. The van der Waals surface area contributed by atoms with Gasteiger partial charge in [0.25, 0.3) is 5.91 Å². The maximum atomic E-state index is 12.9. The van der Waals surface area contributed by atoms with Crippen LogP contribution >= 0.6 is 0 Å². The fourth-order valence-electron chi connectivity index (χ4n) is 3.72. The van der Waals surface area contributed by atoms with E-state index in [0.717, 1.165) is 40.7 Å². The largest absolute Gasteiger partial charge is 0.350 e. The van der Waals surface area contributed by atoms with E-state index in [1.54, 1.807) is 0 Å². The molecule has 0 bridgehead atoms. The third-order valence-electron chi connectivity index (χ3n) is 5.18. The van der Waals surface area contributed by atoms with Gasteiger partial charge in [-0.1, -0.05) is 11.6 Å². The Kier molecular flexibility index (Phi) is 4.01. The first kappa shape index (κ1) is 15.6. The van der Waals surface area contributed by atoms with Crippen LogP contribution in [0.25, 0.3) is 10.9 Å². The highest BCUT2D eigenvalue weighted by Gasteiger charge is 2.27. The van der Waals surface area contributed by atoms with Crippen LogP contribution < -0.4 is 10.6 Å². The van der Waals surface area contributed by atoms with E-state index in [9.17, 15) is 4.79 Å². The van der Waals surface area contributed by atoms with E-state index in [2.05, 4.69) is 36.6 Å². The van der Waals surface area contributed by atoms with Gasteiger partial charge < -0.3 is 10.6 Å². The summed E-state index contributed by atoms with van der Waals surface area (Å²) in [5.74, 6) is 0.571. The summed E-state index contributed by atoms with van der Waals surface area (Å²) in [7, 11) is 0. The first-order chi connectivity index (χ1) is 11.6. The number of hydrogen-bond donors (Lipinski definition) is 2. The van der Waals surface area contributed by atoms with Crippen LogP contribution in [0.4, 0.5) is 0 Å². The van der Waals surface area contributed by atoms with Crippen molar-refractivity contribution in [1.29, 1.82) is 0 Å². The van der Waals surface area contributed by atoms with Gasteiger partial charge in [-0.25, -0.2) is 0 Å². The highest BCUT2D eigenvalue weighted by atomic mass is 16.1. The lowest BCUT2D eigenvalue weighted by molar-refractivity contribution is 0.0952. The number of rotatable bonds is 4. The zero-order chi connectivity index (χ0) is 16.7. The topological polar surface area (TPSA) is 54.0 Å². The van der Waals surface area contributed by atoms with Crippen molar-refractivity contribution in [3.63, 3.8) is 0 Å². The summed E-state index contributed by atoms with van der Waals surface area (Å²) in [5, 5.41) is 7.54. The van der Waals surface area contributed by atoms with Gasteiger partial charge in [-0.05, 0) is 63.8 Å². The molecular weight excluding hydrogens is 298 g/mol. The summed E-state index contributed by atoms with van der Waals surface area (Å²) >= 11 is 0. The molecule has 1 unspecified atom stereocenters. The van der Waals surface area contributed by atoms with Crippen molar-refractivity contribution in [2.45, 2.75) is 51.5 Å². The van der Waals surface area contributed by atoms with Gasteiger partial charge >= 0.3 is 0 Å². The van der Waals surface area contributed by atoms with Crippen molar-refractivity contribution >= 4 is 16.8 Å². The van der Waals surface area contributed by atoms with Crippen LogP contribution in [-0.2, 0) is 0 Å². The Morgan fingerprint density at radius 2 is 2.08 bits per heavy atom. The number of carbonyl (C=O) groups excluding carboxylic acids is 1. The average molecular weight is 323 g/mol. The standard InChI is InChI=1S/C20H25N3O/c1-12-8-13(2)19-16(9-12)17(10-18(23-19)14-5-6-14)20(24)22-11-15-4-3-7-21-15/h8-10,14-15,21H,3-7,11H2,1-2H3,(H,22,24). The summed E-state index contributed by atoms with van der Waals surface area (Å²) < 4.78 is 0. The van der Waals surface area contributed by atoms with Crippen LogP contribution in [0.1, 0.15) is 58.8 Å². The molecule has 1 aromatic heterocycles. The molecule has 2 fully saturated rings. The minimum atomic E-state index is 0.0306. The van der Waals surface area contributed by atoms with Crippen molar-refractivity contribution in [2.75, 3.05) is 13.1 Å². The molecule has 0 radical (unpaired) electrons. The van der Waals surface area contributed by atoms with Gasteiger partial charge in [-0.15, -0.1) is 0 Å². The second-order valence-electron chi connectivity index (χ2n) is 7.35. The lowest BCUT2D eigenvalue weighted by Gasteiger charge is -2.15. The number of benzene rings is 1. The Morgan fingerprint density at radius 1 is 1.25 bits per heavy atom. The molecule has 2 aliphatic rings. The monoisotopic (exact) mass is 323 g/mol. The summed E-state index contributed by atoms with van der Waals surface area (Å²) in [6.07, 6.45) is 4.72. The van der Waals surface area contributed by atoms with Crippen LogP contribution in [0, 0.1) is 13.8 Å². The Balaban J connectivity index is 1.70. The Hall–Kier alpha value is -1.94. The molecule has 2 N–H and O–H groups in total. The summed E-state index contributed by atoms with van der Waals surface area (Å²) in [4.78, 5) is 17.7. The summed E-state index contributed by atoms with van der Waals surface area (Å²) in [5.41, 5.74) is 5.17. The van der Waals surface area contributed by atoms with Gasteiger partial charge in [0.2, 0.25) is 0 Å². The van der Waals surface area contributed by atoms with Crippen molar-refractivity contribution < 1.29 is 4.79 Å². The third-order valence-corrected chi connectivity index (χ3v) is 5.18. The summed E-state index contributed by atoms with van der Waals surface area (Å²) in [6.45, 7) is 5.92. The van der Waals surface area contributed by atoms with Gasteiger partial charge in [-0.3, -0.25) is 9.78 Å². The molecule has 1 aliphatic carbocycles. The van der Waals surface area contributed by atoms with Crippen molar-refractivity contribution in [3.8, 4) is 0 Å². The number of carbonyl (C=O) groups is 1. The molecule has 1 saturated heterocycles. The first-order valence-electron chi connectivity index (χ1n) is 9.05. The molecule has 24 heavy (non-hydrogen) atoms. The molecule has 4 heteroatoms. The fourth-order valence-corrected chi connectivity index (χ4v) is 3.72. The molecule has 1 saturated carbocycles. The molecule has 1 aliphatic heterocycles. The van der Waals surface area contributed by atoms with Gasteiger partial charge in [0.15, 0.2) is 0 Å². The van der Waals surface area contributed by atoms with Crippen LogP contribution in [0.3, 0.4) is 0 Å².